The summed E-state index contributed by atoms with van der Waals surface area (Å²) in [6.45, 7) is 1.74. The van der Waals surface area contributed by atoms with Crippen molar-refractivity contribution in [1.29, 1.82) is 0 Å². The van der Waals surface area contributed by atoms with Crippen LogP contribution >= 0.6 is 11.6 Å². The third-order valence-electron chi connectivity index (χ3n) is 4.64. The van der Waals surface area contributed by atoms with Crippen molar-refractivity contribution in [1.82, 2.24) is 15.0 Å². The molecule has 7 heteroatoms. The SMILES string of the molecule is Cc1ocnc1C(=O)C[C@H]1CCC[C@@H](Cc2nc(Cl)ncc2F)C1. The van der Waals surface area contributed by atoms with Gasteiger partial charge in [-0.3, -0.25) is 4.79 Å². The maximum atomic E-state index is 13.8. The second kappa shape index (κ2) is 7.38. The summed E-state index contributed by atoms with van der Waals surface area (Å²) >= 11 is 5.75. The normalized spacial score (nSPS) is 21.0. The van der Waals surface area contributed by atoms with Crippen LogP contribution in [0.15, 0.2) is 17.0 Å². The molecule has 0 bridgehead atoms. The molecule has 2 heterocycles. The van der Waals surface area contributed by atoms with Gasteiger partial charge in [0.2, 0.25) is 5.28 Å². The Balaban J connectivity index is 1.61. The molecule has 0 aromatic carbocycles. The van der Waals surface area contributed by atoms with Crippen LogP contribution in [-0.2, 0) is 6.42 Å². The maximum absolute atomic E-state index is 13.8. The van der Waals surface area contributed by atoms with Gasteiger partial charge >= 0.3 is 0 Å². The van der Waals surface area contributed by atoms with E-state index in [1.54, 1.807) is 6.92 Å². The van der Waals surface area contributed by atoms with Crippen LogP contribution in [0, 0.1) is 24.6 Å². The maximum Gasteiger partial charge on any atom is 0.222 e. The number of hydrogen-bond donors (Lipinski definition) is 0. The molecule has 0 unspecified atom stereocenters. The number of oxazole rings is 1. The molecule has 0 saturated heterocycles. The van der Waals surface area contributed by atoms with E-state index in [9.17, 15) is 9.18 Å². The Morgan fingerprint density at radius 2 is 2.17 bits per heavy atom. The highest BCUT2D eigenvalue weighted by Crippen LogP contribution is 2.34. The van der Waals surface area contributed by atoms with Gasteiger partial charge in [-0.15, -0.1) is 0 Å². The van der Waals surface area contributed by atoms with Crippen molar-refractivity contribution in [3.05, 3.63) is 40.8 Å². The standard InChI is InChI=1S/C17H19ClFN3O2/c1-10-16(21-9-24-10)15(23)7-12-4-2-3-11(5-12)6-14-13(19)8-20-17(18)22-14/h8-9,11-12H,2-7H2,1H3/t11-,12+/m1/s1. The number of aromatic nitrogens is 3. The minimum Gasteiger partial charge on any atom is -0.448 e. The van der Waals surface area contributed by atoms with Gasteiger partial charge in [0, 0.05) is 6.42 Å². The number of carbonyl (C=O) groups excluding carboxylic acids is 1. The fourth-order valence-electron chi connectivity index (χ4n) is 3.50. The molecule has 0 spiro atoms. The van der Waals surface area contributed by atoms with Gasteiger partial charge in [-0.1, -0.05) is 12.8 Å². The lowest BCUT2D eigenvalue weighted by Gasteiger charge is -2.28. The molecule has 0 aliphatic heterocycles. The highest BCUT2D eigenvalue weighted by Gasteiger charge is 2.27. The second-order valence-corrected chi connectivity index (χ2v) is 6.76. The van der Waals surface area contributed by atoms with E-state index in [0.29, 0.717) is 35.9 Å². The van der Waals surface area contributed by atoms with E-state index >= 15 is 0 Å². The summed E-state index contributed by atoms with van der Waals surface area (Å²) in [7, 11) is 0. The van der Waals surface area contributed by atoms with Gasteiger partial charge in [0.25, 0.3) is 0 Å². The van der Waals surface area contributed by atoms with Crippen LogP contribution in [0.3, 0.4) is 0 Å². The largest absolute Gasteiger partial charge is 0.448 e. The van der Waals surface area contributed by atoms with Crippen molar-refractivity contribution >= 4 is 17.4 Å². The summed E-state index contributed by atoms with van der Waals surface area (Å²) in [5.74, 6) is 0.743. The minimum absolute atomic E-state index is 0.0168. The third kappa shape index (κ3) is 3.98. The molecule has 0 amide bonds. The summed E-state index contributed by atoms with van der Waals surface area (Å²) in [5.41, 5.74) is 0.782. The van der Waals surface area contributed by atoms with Gasteiger partial charge < -0.3 is 4.42 Å². The zero-order chi connectivity index (χ0) is 17.1. The summed E-state index contributed by atoms with van der Waals surface area (Å²) in [6.07, 6.45) is 7.32. The molecule has 0 radical (unpaired) electrons. The average Bonchev–Trinajstić information content (AvgIpc) is 2.97. The second-order valence-electron chi connectivity index (χ2n) is 6.42. The van der Waals surface area contributed by atoms with Crippen molar-refractivity contribution in [2.45, 2.75) is 45.4 Å². The summed E-state index contributed by atoms with van der Waals surface area (Å²) in [4.78, 5) is 24.0. The summed E-state index contributed by atoms with van der Waals surface area (Å²) < 4.78 is 18.9. The number of nitrogens with zero attached hydrogens (tertiary/aromatic N) is 3. The molecule has 5 nitrogen and oxygen atoms in total. The first-order chi connectivity index (χ1) is 11.5. The van der Waals surface area contributed by atoms with Crippen LogP contribution < -0.4 is 0 Å². The van der Waals surface area contributed by atoms with E-state index in [2.05, 4.69) is 15.0 Å². The Hall–Kier alpha value is -1.82. The topological polar surface area (TPSA) is 68.9 Å². The van der Waals surface area contributed by atoms with E-state index in [4.69, 9.17) is 16.0 Å². The molecule has 24 heavy (non-hydrogen) atoms. The molecule has 0 N–H and O–H groups in total. The molecular weight excluding hydrogens is 333 g/mol. The zero-order valence-electron chi connectivity index (χ0n) is 13.5. The Morgan fingerprint density at radius 1 is 1.38 bits per heavy atom. The highest BCUT2D eigenvalue weighted by atomic mass is 35.5. The van der Waals surface area contributed by atoms with Crippen molar-refractivity contribution < 1.29 is 13.6 Å². The molecule has 1 fully saturated rings. The Kier molecular flexibility index (Phi) is 5.23. The van der Waals surface area contributed by atoms with Crippen LogP contribution in [0.25, 0.3) is 0 Å². The van der Waals surface area contributed by atoms with Crippen LogP contribution in [0.2, 0.25) is 5.28 Å². The third-order valence-corrected chi connectivity index (χ3v) is 4.83. The Morgan fingerprint density at radius 3 is 2.92 bits per heavy atom. The predicted octanol–water partition coefficient (Wildman–Crippen LogP) is 4.19. The molecule has 1 saturated carbocycles. The zero-order valence-corrected chi connectivity index (χ0v) is 14.2. The van der Waals surface area contributed by atoms with Gasteiger partial charge in [-0.25, -0.2) is 19.3 Å². The first-order valence-electron chi connectivity index (χ1n) is 8.13. The fraction of sp³-hybridized carbons (Fsp3) is 0.529. The van der Waals surface area contributed by atoms with Gasteiger partial charge in [-0.2, -0.15) is 0 Å². The lowest BCUT2D eigenvalue weighted by molar-refractivity contribution is 0.0934. The average molecular weight is 352 g/mol. The monoisotopic (exact) mass is 351 g/mol. The number of ketones is 1. The number of Topliss-reactive ketones (excluding diaryl/α,β-unsaturated/α-hetero) is 1. The molecule has 3 rings (SSSR count). The molecule has 2 aromatic heterocycles. The van der Waals surface area contributed by atoms with Crippen LogP contribution in [-0.4, -0.2) is 20.7 Å². The quantitative estimate of drug-likeness (QED) is 0.596. The van der Waals surface area contributed by atoms with Gasteiger partial charge in [0.1, 0.15) is 11.5 Å². The van der Waals surface area contributed by atoms with Gasteiger partial charge in [0.05, 0.1) is 11.9 Å². The Bertz CT molecular complexity index is 734. The number of hydrogen-bond acceptors (Lipinski definition) is 5. The van der Waals surface area contributed by atoms with E-state index in [1.165, 1.54) is 6.39 Å². The lowest BCUT2D eigenvalue weighted by Crippen LogP contribution is -2.21. The highest BCUT2D eigenvalue weighted by molar-refractivity contribution is 6.28. The number of aryl methyl sites for hydroxylation is 1. The molecule has 1 aliphatic rings. The molecule has 2 atom stereocenters. The van der Waals surface area contributed by atoms with Crippen molar-refractivity contribution in [3.63, 3.8) is 0 Å². The molecular formula is C17H19ClFN3O2. The number of rotatable bonds is 5. The molecule has 2 aromatic rings. The van der Waals surface area contributed by atoms with Crippen molar-refractivity contribution in [2.75, 3.05) is 0 Å². The fourth-order valence-corrected chi connectivity index (χ4v) is 3.65. The number of carbonyl (C=O) groups is 1. The van der Waals surface area contributed by atoms with Crippen LogP contribution in [0.1, 0.15) is 54.0 Å². The van der Waals surface area contributed by atoms with Gasteiger partial charge in [-0.05, 0) is 49.6 Å². The lowest BCUT2D eigenvalue weighted by atomic mass is 9.77. The first kappa shape index (κ1) is 17.0. The van der Waals surface area contributed by atoms with E-state index in [-0.39, 0.29) is 17.0 Å². The van der Waals surface area contributed by atoms with E-state index < -0.39 is 5.82 Å². The molecule has 1 aliphatic carbocycles. The Labute approximate surface area is 144 Å². The van der Waals surface area contributed by atoms with Crippen LogP contribution in [0.4, 0.5) is 4.39 Å². The summed E-state index contributed by atoms with van der Waals surface area (Å²) in [5, 5.41) is 0.0652. The van der Waals surface area contributed by atoms with Crippen molar-refractivity contribution in [3.8, 4) is 0 Å². The smallest absolute Gasteiger partial charge is 0.222 e. The predicted molar refractivity (Wildman–Crippen MR) is 86.3 cm³/mol. The van der Waals surface area contributed by atoms with Gasteiger partial charge in [0.15, 0.2) is 18.0 Å². The first-order valence-corrected chi connectivity index (χ1v) is 8.51. The van der Waals surface area contributed by atoms with E-state index in [0.717, 1.165) is 31.9 Å². The van der Waals surface area contributed by atoms with Crippen molar-refractivity contribution in [2.24, 2.45) is 11.8 Å². The molecule has 128 valence electrons. The summed E-state index contributed by atoms with van der Waals surface area (Å²) in [6, 6.07) is 0. The minimum atomic E-state index is -0.421. The number of halogens is 2. The van der Waals surface area contributed by atoms with Crippen LogP contribution in [0.5, 0.6) is 0 Å². The van der Waals surface area contributed by atoms with E-state index in [1.807, 2.05) is 0 Å².